The number of nitrogens with zero attached hydrogens (tertiary/aromatic N) is 1. The zero-order chi connectivity index (χ0) is 20.4. The van der Waals surface area contributed by atoms with Crippen molar-refractivity contribution in [1.82, 2.24) is 0 Å². The van der Waals surface area contributed by atoms with Gasteiger partial charge in [-0.25, -0.2) is 9.59 Å². The Morgan fingerprint density at radius 2 is 1.82 bits per heavy atom. The molecule has 0 atom stereocenters. The van der Waals surface area contributed by atoms with Gasteiger partial charge >= 0.3 is 11.9 Å². The van der Waals surface area contributed by atoms with Gasteiger partial charge in [0.15, 0.2) is 11.5 Å². The van der Waals surface area contributed by atoms with Gasteiger partial charge in [-0.2, -0.15) is 5.26 Å². The van der Waals surface area contributed by atoms with Crippen molar-refractivity contribution in [2.45, 2.75) is 6.92 Å². The van der Waals surface area contributed by atoms with Crippen LogP contribution in [0.2, 0.25) is 0 Å². The van der Waals surface area contributed by atoms with Gasteiger partial charge in [0.05, 0.1) is 13.7 Å². The zero-order valence-corrected chi connectivity index (χ0v) is 15.5. The van der Waals surface area contributed by atoms with Crippen LogP contribution in [0.1, 0.15) is 18.1 Å². The summed E-state index contributed by atoms with van der Waals surface area (Å²) in [7, 11) is 1.43. The van der Waals surface area contributed by atoms with Gasteiger partial charge in [0.25, 0.3) is 0 Å². The molecule has 0 bridgehead atoms. The van der Waals surface area contributed by atoms with Crippen LogP contribution in [0.25, 0.3) is 12.2 Å². The number of carbonyl (C=O) groups is 2. The quantitative estimate of drug-likeness (QED) is 0.316. The summed E-state index contributed by atoms with van der Waals surface area (Å²) in [6.45, 7) is 1.83. The number of ether oxygens (including phenoxy) is 3. The number of nitriles is 1. The van der Waals surface area contributed by atoms with E-state index in [1.807, 2.05) is 30.3 Å². The van der Waals surface area contributed by atoms with Crippen LogP contribution in [0.5, 0.6) is 11.5 Å². The molecule has 2 aromatic rings. The third-order valence-corrected chi connectivity index (χ3v) is 3.54. The molecule has 0 aliphatic heterocycles. The molecule has 0 fully saturated rings. The Morgan fingerprint density at radius 1 is 1.07 bits per heavy atom. The van der Waals surface area contributed by atoms with E-state index in [4.69, 9.17) is 19.5 Å². The molecular formula is C22H19NO5. The molecule has 0 aromatic heterocycles. The molecule has 0 spiro atoms. The summed E-state index contributed by atoms with van der Waals surface area (Å²) in [6.07, 6.45) is 4.34. The van der Waals surface area contributed by atoms with Gasteiger partial charge in [-0.3, -0.25) is 0 Å². The maximum Gasteiger partial charge on any atom is 0.348 e. The largest absolute Gasteiger partial charge is 0.493 e. The fraction of sp³-hybridized carbons (Fsp3) is 0.136. The maximum atomic E-state index is 12.0. The zero-order valence-electron chi connectivity index (χ0n) is 15.5. The normalized spacial score (nSPS) is 11.0. The summed E-state index contributed by atoms with van der Waals surface area (Å²) < 4.78 is 15.4. The number of hydrogen-bond donors (Lipinski definition) is 0. The molecule has 2 rings (SSSR count). The second-order valence-electron chi connectivity index (χ2n) is 5.47. The monoisotopic (exact) mass is 377 g/mol. The summed E-state index contributed by atoms with van der Waals surface area (Å²) in [4.78, 5) is 23.8. The molecule has 0 saturated heterocycles. The standard InChI is InChI=1S/C22H19NO5/c1-3-27-22(25)18(15-23)13-17-9-11-19(20(14-17)26-2)28-21(24)12-10-16-7-5-4-6-8-16/h4-14H,3H2,1-2H3/b12-10+,18-13+. The number of hydrogen-bond acceptors (Lipinski definition) is 6. The first-order valence-corrected chi connectivity index (χ1v) is 8.49. The lowest BCUT2D eigenvalue weighted by atomic mass is 10.1. The number of esters is 2. The first-order valence-electron chi connectivity index (χ1n) is 8.49. The van der Waals surface area contributed by atoms with E-state index >= 15 is 0 Å². The van der Waals surface area contributed by atoms with E-state index < -0.39 is 11.9 Å². The topological polar surface area (TPSA) is 85.6 Å². The number of carbonyl (C=O) groups excluding carboxylic acids is 2. The Labute approximate surface area is 163 Å². The van der Waals surface area contributed by atoms with Crippen LogP contribution in [0, 0.1) is 11.3 Å². The summed E-state index contributed by atoms with van der Waals surface area (Å²) in [5.74, 6) is -0.756. The molecule has 28 heavy (non-hydrogen) atoms. The average Bonchev–Trinajstić information content (AvgIpc) is 2.72. The fourth-order valence-electron chi connectivity index (χ4n) is 2.24. The summed E-state index contributed by atoms with van der Waals surface area (Å²) in [5.41, 5.74) is 1.26. The highest BCUT2D eigenvalue weighted by molar-refractivity contribution is 5.98. The number of rotatable bonds is 7. The van der Waals surface area contributed by atoms with Crippen molar-refractivity contribution >= 4 is 24.1 Å². The minimum atomic E-state index is -0.703. The fourth-order valence-corrected chi connectivity index (χ4v) is 2.24. The molecule has 2 aromatic carbocycles. The third kappa shape index (κ3) is 5.85. The second-order valence-corrected chi connectivity index (χ2v) is 5.47. The first-order chi connectivity index (χ1) is 13.6. The van der Waals surface area contributed by atoms with E-state index in [0.717, 1.165) is 5.56 Å². The highest BCUT2D eigenvalue weighted by Gasteiger charge is 2.12. The van der Waals surface area contributed by atoms with Crippen molar-refractivity contribution in [2.24, 2.45) is 0 Å². The molecule has 0 radical (unpaired) electrons. The molecular weight excluding hydrogens is 358 g/mol. The van der Waals surface area contributed by atoms with Crippen LogP contribution in [0.3, 0.4) is 0 Å². The molecule has 0 unspecified atom stereocenters. The Balaban J connectivity index is 2.16. The second kappa shape index (κ2) is 10.3. The van der Waals surface area contributed by atoms with E-state index in [0.29, 0.717) is 5.56 Å². The van der Waals surface area contributed by atoms with Gasteiger partial charge in [0.2, 0.25) is 0 Å². The van der Waals surface area contributed by atoms with Gasteiger partial charge in [-0.05, 0) is 42.3 Å². The summed E-state index contributed by atoms with van der Waals surface area (Å²) in [5, 5.41) is 9.11. The van der Waals surface area contributed by atoms with E-state index in [1.54, 1.807) is 31.2 Å². The van der Waals surface area contributed by atoms with Crippen molar-refractivity contribution in [2.75, 3.05) is 13.7 Å². The minimum absolute atomic E-state index is 0.139. The first kappa shape index (κ1) is 20.5. The van der Waals surface area contributed by atoms with Gasteiger partial charge in [0.1, 0.15) is 11.6 Å². The SMILES string of the molecule is CCOC(=O)/C(C#N)=C/c1ccc(OC(=O)/C=C/c2ccccc2)c(OC)c1. The van der Waals surface area contributed by atoms with Gasteiger partial charge in [0, 0.05) is 6.08 Å². The summed E-state index contributed by atoms with van der Waals surface area (Å²) in [6, 6.07) is 15.8. The van der Waals surface area contributed by atoms with Crippen LogP contribution in [0.15, 0.2) is 60.2 Å². The van der Waals surface area contributed by atoms with Gasteiger partial charge in [-0.1, -0.05) is 36.4 Å². The van der Waals surface area contributed by atoms with Crippen molar-refractivity contribution in [3.63, 3.8) is 0 Å². The lowest BCUT2D eigenvalue weighted by Gasteiger charge is -2.09. The van der Waals surface area contributed by atoms with E-state index in [2.05, 4.69) is 0 Å². The van der Waals surface area contributed by atoms with Crippen LogP contribution in [-0.4, -0.2) is 25.7 Å². The van der Waals surface area contributed by atoms with Crippen molar-refractivity contribution in [3.05, 3.63) is 71.3 Å². The number of benzene rings is 2. The van der Waals surface area contributed by atoms with Crippen molar-refractivity contribution < 1.29 is 23.8 Å². The molecule has 142 valence electrons. The highest BCUT2D eigenvalue weighted by Crippen LogP contribution is 2.29. The molecule has 6 nitrogen and oxygen atoms in total. The van der Waals surface area contributed by atoms with E-state index in [1.165, 1.54) is 25.3 Å². The minimum Gasteiger partial charge on any atom is -0.493 e. The molecule has 0 saturated carbocycles. The van der Waals surface area contributed by atoms with Gasteiger partial charge < -0.3 is 14.2 Å². The molecule has 0 amide bonds. The molecule has 0 aliphatic rings. The predicted molar refractivity (Wildman–Crippen MR) is 104 cm³/mol. The molecule has 6 heteroatoms. The van der Waals surface area contributed by atoms with Crippen LogP contribution in [0.4, 0.5) is 0 Å². The Morgan fingerprint density at radius 3 is 2.46 bits per heavy atom. The lowest BCUT2D eigenvalue weighted by Crippen LogP contribution is -2.06. The van der Waals surface area contributed by atoms with E-state index in [9.17, 15) is 9.59 Å². The Bertz CT molecular complexity index is 939. The predicted octanol–water partition coefficient (Wildman–Crippen LogP) is 3.78. The Kier molecular flexibility index (Phi) is 7.55. The smallest absolute Gasteiger partial charge is 0.348 e. The van der Waals surface area contributed by atoms with Crippen LogP contribution < -0.4 is 9.47 Å². The molecule has 0 N–H and O–H groups in total. The van der Waals surface area contributed by atoms with Crippen LogP contribution in [-0.2, 0) is 14.3 Å². The highest BCUT2D eigenvalue weighted by atomic mass is 16.6. The summed E-state index contributed by atoms with van der Waals surface area (Å²) >= 11 is 0. The molecule has 0 aliphatic carbocycles. The molecule has 0 heterocycles. The Hall–Kier alpha value is -3.85. The van der Waals surface area contributed by atoms with Crippen molar-refractivity contribution in [1.29, 1.82) is 5.26 Å². The average molecular weight is 377 g/mol. The van der Waals surface area contributed by atoms with E-state index in [-0.39, 0.29) is 23.7 Å². The van der Waals surface area contributed by atoms with Crippen LogP contribution >= 0.6 is 0 Å². The van der Waals surface area contributed by atoms with Crippen molar-refractivity contribution in [3.8, 4) is 17.6 Å². The van der Waals surface area contributed by atoms with Gasteiger partial charge in [-0.15, -0.1) is 0 Å². The third-order valence-electron chi connectivity index (χ3n) is 3.54. The lowest BCUT2D eigenvalue weighted by molar-refractivity contribution is -0.138. The maximum absolute atomic E-state index is 12.0. The number of methoxy groups -OCH3 is 1.